The molecule has 1 N–H and O–H groups in total. The SMILES string of the molecule is OC[C@@H]1CC[C@H](c2ccccc2)O1. The van der Waals surface area contributed by atoms with Gasteiger partial charge in [-0.3, -0.25) is 0 Å². The van der Waals surface area contributed by atoms with E-state index in [2.05, 4.69) is 12.1 Å². The van der Waals surface area contributed by atoms with E-state index in [-0.39, 0.29) is 18.8 Å². The van der Waals surface area contributed by atoms with Crippen LogP contribution in [0.25, 0.3) is 0 Å². The highest BCUT2D eigenvalue weighted by Gasteiger charge is 2.25. The van der Waals surface area contributed by atoms with Gasteiger partial charge >= 0.3 is 0 Å². The largest absolute Gasteiger partial charge is 0.394 e. The first-order valence-corrected chi connectivity index (χ1v) is 4.71. The van der Waals surface area contributed by atoms with Gasteiger partial charge in [0.2, 0.25) is 0 Å². The van der Waals surface area contributed by atoms with Crippen molar-refractivity contribution >= 4 is 0 Å². The third-order valence-electron chi connectivity index (χ3n) is 2.48. The number of aliphatic hydroxyl groups is 1. The molecule has 0 aliphatic carbocycles. The molecule has 1 aromatic carbocycles. The van der Waals surface area contributed by atoms with Gasteiger partial charge in [0, 0.05) is 0 Å². The minimum atomic E-state index is 0.0465. The molecule has 1 heterocycles. The third-order valence-corrected chi connectivity index (χ3v) is 2.48. The molecular formula is C11H14O2. The van der Waals surface area contributed by atoms with Gasteiger partial charge in [-0.1, -0.05) is 30.3 Å². The number of aliphatic hydroxyl groups excluding tert-OH is 1. The van der Waals surface area contributed by atoms with Gasteiger partial charge in [-0.05, 0) is 18.4 Å². The Morgan fingerprint density at radius 3 is 2.62 bits per heavy atom. The maximum Gasteiger partial charge on any atom is 0.0830 e. The van der Waals surface area contributed by atoms with Crippen LogP contribution in [0, 0.1) is 0 Å². The Morgan fingerprint density at radius 1 is 1.23 bits per heavy atom. The maximum absolute atomic E-state index is 8.91. The molecule has 0 amide bonds. The fourth-order valence-electron chi connectivity index (χ4n) is 1.75. The highest BCUT2D eigenvalue weighted by molar-refractivity contribution is 5.18. The highest BCUT2D eigenvalue weighted by Crippen LogP contribution is 2.31. The Morgan fingerprint density at radius 2 is 2.00 bits per heavy atom. The van der Waals surface area contributed by atoms with Crippen LogP contribution in [0.1, 0.15) is 24.5 Å². The first kappa shape index (κ1) is 8.73. The summed E-state index contributed by atoms with van der Waals surface area (Å²) in [7, 11) is 0. The second kappa shape index (κ2) is 3.90. The molecule has 0 saturated carbocycles. The maximum atomic E-state index is 8.91. The van der Waals surface area contributed by atoms with E-state index in [0.717, 1.165) is 12.8 Å². The van der Waals surface area contributed by atoms with Crippen molar-refractivity contribution in [3.8, 4) is 0 Å². The Labute approximate surface area is 78.2 Å². The number of benzene rings is 1. The van der Waals surface area contributed by atoms with E-state index >= 15 is 0 Å². The summed E-state index contributed by atoms with van der Waals surface area (Å²) in [4.78, 5) is 0. The number of rotatable bonds is 2. The van der Waals surface area contributed by atoms with Crippen LogP contribution in [-0.2, 0) is 4.74 Å². The van der Waals surface area contributed by atoms with Crippen molar-refractivity contribution in [1.82, 2.24) is 0 Å². The zero-order chi connectivity index (χ0) is 9.10. The van der Waals surface area contributed by atoms with Crippen molar-refractivity contribution in [2.45, 2.75) is 25.0 Å². The van der Waals surface area contributed by atoms with Crippen LogP contribution in [0.4, 0.5) is 0 Å². The molecule has 1 saturated heterocycles. The molecule has 0 radical (unpaired) electrons. The lowest BCUT2D eigenvalue weighted by atomic mass is 10.1. The molecule has 1 fully saturated rings. The zero-order valence-corrected chi connectivity index (χ0v) is 7.52. The molecule has 2 nitrogen and oxygen atoms in total. The van der Waals surface area contributed by atoms with Gasteiger partial charge in [0.15, 0.2) is 0 Å². The second-order valence-corrected chi connectivity index (χ2v) is 3.42. The molecule has 2 atom stereocenters. The second-order valence-electron chi connectivity index (χ2n) is 3.42. The predicted molar refractivity (Wildman–Crippen MR) is 50.4 cm³/mol. The highest BCUT2D eigenvalue weighted by atomic mass is 16.5. The van der Waals surface area contributed by atoms with E-state index in [1.807, 2.05) is 18.2 Å². The van der Waals surface area contributed by atoms with Crippen molar-refractivity contribution in [2.24, 2.45) is 0 Å². The normalized spacial score (nSPS) is 27.8. The summed E-state index contributed by atoms with van der Waals surface area (Å²) < 4.78 is 5.65. The average Bonchev–Trinajstić information content (AvgIpc) is 2.67. The van der Waals surface area contributed by atoms with Crippen LogP contribution < -0.4 is 0 Å². The summed E-state index contributed by atoms with van der Waals surface area (Å²) in [6.45, 7) is 0.142. The van der Waals surface area contributed by atoms with Gasteiger partial charge in [-0.25, -0.2) is 0 Å². The molecule has 1 aromatic rings. The lowest BCUT2D eigenvalue weighted by Crippen LogP contribution is -2.10. The first-order chi connectivity index (χ1) is 6.40. The Hall–Kier alpha value is -0.860. The Bertz CT molecular complexity index is 258. The van der Waals surface area contributed by atoms with Crippen molar-refractivity contribution in [2.75, 3.05) is 6.61 Å². The van der Waals surface area contributed by atoms with Crippen LogP contribution in [0.15, 0.2) is 30.3 Å². The van der Waals surface area contributed by atoms with Gasteiger partial charge in [-0.2, -0.15) is 0 Å². The summed E-state index contributed by atoms with van der Waals surface area (Å²) >= 11 is 0. The molecule has 70 valence electrons. The molecular weight excluding hydrogens is 164 g/mol. The van der Waals surface area contributed by atoms with Crippen LogP contribution in [0.3, 0.4) is 0 Å². The summed E-state index contributed by atoms with van der Waals surface area (Å²) in [5.41, 5.74) is 1.22. The fraction of sp³-hybridized carbons (Fsp3) is 0.455. The zero-order valence-electron chi connectivity index (χ0n) is 7.52. The molecule has 1 aliphatic rings. The Kier molecular flexibility index (Phi) is 2.62. The van der Waals surface area contributed by atoms with E-state index < -0.39 is 0 Å². The number of hydrogen-bond acceptors (Lipinski definition) is 2. The van der Waals surface area contributed by atoms with Crippen molar-refractivity contribution in [3.05, 3.63) is 35.9 Å². The molecule has 2 heteroatoms. The lowest BCUT2D eigenvalue weighted by molar-refractivity contribution is 0.0110. The van der Waals surface area contributed by atoms with Crippen molar-refractivity contribution in [1.29, 1.82) is 0 Å². The minimum absolute atomic E-state index is 0.0465. The summed E-state index contributed by atoms with van der Waals surface area (Å²) in [5.74, 6) is 0. The quantitative estimate of drug-likeness (QED) is 0.749. The van der Waals surface area contributed by atoms with Gasteiger partial charge in [0.1, 0.15) is 0 Å². The van der Waals surface area contributed by atoms with E-state index in [0.29, 0.717) is 0 Å². The molecule has 1 aliphatic heterocycles. The van der Waals surface area contributed by atoms with E-state index in [1.165, 1.54) is 5.56 Å². The average molecular weight is 178 g/mol. The smallest absolute Gasteiger partial charge is 0.0830 e. The molecule has 0 aromatic heterocycles. The lowest BCUT2D eigenvalue weighted by Gasteiger charge is -2.11. The van der Waals surface area contributed by atoms with Crippen molar-refractivity contribution < 1.29 is 9.84 Å². The number of hydrogen-bond donors (Lipinski definition) is 1. The van der Waals surface area contributed by atoms with Crippen molar-refractivity contribution in [3.63, 3.8) is 0 Å². The molecule has 0 unspecified atom stereocenters. The third kappa shape index (κ3) is 1.90. The fourth-order valence-corrected chi connectivity index (χ4v) is 1.75. The van der Waals surface area contributed by atoms with Gasteiger partial charge in [0.05, 0.1) is 18.8 Å². The topological polar surface area (TPSA) is 29.5 Å². The van der Waals surface area contributed by atoms with Gasteiger partial charge < -0.3 is 9.84 Å². The minimum Gasteiger partial charge on any atom is -0.394 e. The number of ether oxygens (including phenoxy) is 1. The summed E-state index contributed by atoms with van der Waals surface area (Å²) in [6, 6.07) is 10.2. The Balaban J connectivity index is 2.04. The van der Waals surface area contributed by atoms with E-state index in [1.54, 1.807) is 0 Å². The van der Waals surface area contributed by atoms with Crippen LogP contribution in [0.5, 0.6) is 0 Å². The molecule has 13 heavy (non-hydrogen) atoms. The standard InChI is InChI=1S/C11H14O2/c12-8-10-6-7-11(13-10)9-4-2-1-3-5-9/h1-5,10-12H,6-8H2/t10-,11+/m0/s1. The molecule has 2 rings (SSSR count). The predicted octanol–water partition coefficient (Wildman–Crippen LogP) is 1.90. The molecule has 0 spiro atoms. The summed E-state index contributed by atoms with van der Waals surface area (Å²) in [5, 5.41) is 8.91. The van der Waals surface area contributed by atoms with Gasteiger partial charge in [-0.15, -0.1) is 0 Å². The first-order valence-electron chi connectivity index (χ1n) is 4.71. The van der Waals surface area contributed by atoms with Crippen LogP contribution >= 0.6 is 0 Å². The molecule has 0 bridgehead atoms. The monoisotopic (exact) mass is 178 g/mol. The summed E-state index contributed by atoms with van der Waals surface area (Å²) in [6.07, 6.45) is 2.23. The van der Waals surface area contributed by atoms with Crippen LogP contribution in [-0.4, -0.2) is 17.8 Å². The van der Waals surface area contributed by atoms with Crippen LogP contribution in [0.2, 0.25) is 0 Å². The van der Waals surface area contributed by atoms with E-state index in [9.17, 15) is 0 Å². The van der Waals surface area contributed by atoms with Gasteiger partial charge in [0.25, 0.3) is 0 Å². The van der Waals surface area contributed by atoms with E-state index in [4.69, 9.17) is 9.84 Å².